The third-order valence-electron chi connectivity index (χ3n) is 5.63. The van der Waals surface area contributed by atoms with Crippen LogP contribution in [-0.4, -0.2) is 19.6 Å². The Hall–Kier alpha value is -2.81. The van der Waals surface area contributed by atoms with E-state index in [0.717, 1.165) is 29.4 Å². The van der Waals surface area contributed by atoms with Gasteiger partial charge >= 0.3 is 0 Å². The van der Waals surface area contributed by atoms with E-state index in [1.165, 1.54) is 12.0 Å². The zero-order valence-electron chi connectivity index (χ0n) is 15.0. The molecule has 3 heteroatoms. The fourth-order valence-electron chi connectivity index (χ4n) is 3.95. The summed E-state index contributed by atoms with van der Waals surface area (Å²) in [6.45, 7) is 0.677. The van der Waals surface area contributed by atoms with Crippen molar-refractivity contribution in [2.75, 3.05) is 13.7 Å². The number of amides is 1. The molecule has 1 aliphatic rings. The minimum absolute atomic E-state index is 0.0222. The fraction of sp³-hybridized carbons (Fsp3) is 0.261. The maximum Gasteiger partial charge on any atom is 0.251 e. The Kier molecular flexibility index (Phi) is 4.37. The van der Waals surface area contributed by atoms with Crippen LogP contribution in [0.1, 0.15) is 35.2 Å². The first-order chi connectivity index (χ1) is 12.7. The summed E-state index contributed by atoms with van der Waals surface area (Å²) < 4.78 is 5.43. The monoisotopic (exact) mass is 345 g/mol. The number of nitrogens with one attached hydrogen (secondary N) is 1. The molecule has 1 N–H and O–H groups in total. The highest BCUT2D eigenvalue weighted by molar-refractivity contribution is 6.08. The molecule has 0 atom stereocenters. The maximum atomic E-state index is 12.9. The number of hydrogen-bond donors (Lipinski definition) is 1. The highest BCUT2D eigenvalue weighted by Gasteiger charge is 2.38. The molecule has 1 saturated carbocycles. The van der Waals surface area contributed by atoms with Gasteiger partial charge in [0.1, 0.15) is 5.75 Å². The van der Waals surface area contributed by atoms with E-state index < -0.39 is 0 Å². The molecule has 26 heavy (non-hydrogen) atoms. The van der Waals surface area contributed by atoms with Crippen LogP contribution >= 0.6 is 0 Å². The van der Waals surface area contributed by atoms with Gasteiger partial charge in [-0.1, -0.05) is 61.0 Å². The largest absolute Gasteiger partial charge is 0.496 e. The van der Waals surface area contributed by atoms with Crippen LogP contribution in [0.4, 0.5) is 0 Å². The van der Waals surface area contributed by atoms with Crippen LogP contribution in [0.5, 0.6) is 5.75 Å². The average molecular weight is 345 g/mol. The van der Waals surface area contributed by atoms with E-state index in [1.807, 2.05) is 42.5 Å². The van der Waals surface area contributed by atoms with Gasteiger partial charge in [0.25, 0.3) is 5.91 Å². The van der Waals surface area contributed by atoms with Crippen LogP contribution in [0.15, 0.2) is 66.7 Å². The number of hydrogen-bond acceptors (Lipinski definition) is 2. The van der Waals surface area contributed by atoms with Gasteiger partial charge in [0, 0.05) is 22.9 Å². The van der Waals surface area contributed by atoms with Gasteiger partial charge < -0.3 is 10.1 Å². The van der Waals surface area contributed by atoms with Gasteiger partial charge in [-0.05, 0) is 35.9 Å². The van der Waals surface area contributed by atoms with Crippen LogP contribution in [0.2, 0.25) is 0 Å². The van der Waals surface area contributed by atoms with Crippen LogP contribution in [0.25, 0.3) is 10.8 Å². The van der Waals surface area contributed by atoms with Crippen LogP contribution < -0.4 is 10.1 Å². The van der Waals surface area contributed by atoms with Crippen molar-refractivity contribution in [2.24, 2.45) is 0 Å². The fourth-order valence-corrected chi connectivity index (χ4v) is 3.95. The molecule has 1 fully saturated rings. The quantitative estimate of drug-likeness (QED) is 0.728. The minimum Gasteiger partial charge on any atom is -0.496 e. The average Bonchev–Trinajstić information content (AvgIpc) is 2.67. The summed E-state index contributed by atoms with van der Waals surface area (Å²) in [4.78, 5) is 12.9. The summed E-state index contributed by atoms with van der Waals surface area (Å²) in [5.41, 5.74) is 2.11. The van der Waals surface area contributed by atoms with E-state index in [2.05, 4.69) is 29.6 Å². The van der Waals surface area contributed by atoms with Gasteiger partial charge in [-0.15, -0.1) is 0 Å². The second-order valence-corrected chi connectivity index (χ2v) is 7.04. The number of carbonyl (C=O) groups excluding carboxylic acids is 1. The standard InChI is InChI=1S/C23H23NO2/c1-26-21-13-12-20(18-10-5-6-11-19(18)21)22(25)24-16-23(14-7-15-23)17-8-3-2-4-9-17/h2-6,8-13H,7,14-16H2,1H3,(H,24,25). The van der Waals surface area contributed by atoms with Gasteiger partial charge in [0.05, 0.1) is 7.11 Å². The van der Waals surface area contributed by atoms with Gasteiger partial charge in [-0.3, -0.25) is 4.79 Å². The summed E-state index contributed by atoms with van der Waals surface area (Å²) in [5, 5.41) is 5.08. The third-order valence-corrected chi connectivity index (χ3v) is 5.63. The van der Waals surface area contributed by atoms with E-state index in [-0.39, 0.29) is 11.3 Å². The van der Waals surface area contributed by atoms with Crippen molar-refractivity contribution in [2.45, 2.75) is 24.7 Å². The summed E-state index contributed by atoms with van der Waals surface area (Å²) in [7, 11) is 1.65. The summed E-state index contributed by atoms with van der Waals surface area (Å²) in [6.07, 6.45) is 3.47. The molecular weight excluding hydrogens is 322 g/mol. The highest BCUT2D eigenvalue weighted by atomic mass is 16.5. The lowest BCUT2D eigenvalue weighted by Crippen LogP contribution is -2.45. The Morgan fingerprint density at radius 3 is 2.31 bits per heavy atom. The lowest BCUT2D eigenvalue weighted by atomic mass is 9.64. The Balaban J connectivity index is 1.59. The Labute approximate surface area is 154 Å². The molecule has 0 aliphatic heterocycles. The number of ether oxygens (including phenoxy) is 1. The van der Waals surface area contributed by atoms with Gasteiger partial charge in [-0.2, -0.15) is 0 Å². The zero-order chi connectivity index (χ0) is 18.0. The van der Waals surface area contributed by atoms with Crippen molar-refractivity contribution in [3.63, 3.8) is 0 Å². The first kappa shape index (κ1) is 16.6. The number of methoxy groups -OCH3 is 1. The van der Waals surface area contributed by atoms with Crippen molar-refractivity contribution in [3.8, 4) is 5.75 Å². The predicted octanol–water partition coefficient (Wildman–Crippen LogP) is 4.70. The molecule has 0 heterocycles. The number of carbonyl (C=O) groups is 1. The molecule has 4 rings (SSSR count). The Morgan fingerprint density at radius 2 is 1.65 bits per heavy atom. The molecule has 0 radical (unpaired) electrons. The highest BCUT2D eigenvalue weighted by Crippen LogP contribution is 2.43. The van der Waals surface area contributed by atoms with E-state index >= 15 is 0 Å². The molecule has 0 unspecified atom stereocenters. The second kappa shape index (κ2) is 6.83. The van der Waals surface area contributed by atoms with Gasteiger partial charge in [-0.25, -0.2) is 0 Å². The molecule has 3 aromatic rings. The molecule has 3 aromatic carbocycles. The number of rotatable bonds is 5. The molecule has 0 saturated heterocycles. The van der Waals surface area contributed by atoms with E-state index in [1.54, 1.807) is 7.11 Å². The molecule has 1 amide bonds. The molecule has 0 spiro atoms. The smallest absolute Gasteiger partial charge is 0.251 e. The van der Waals surface area contributed by atoms with Crippen molar-refractivity contribution in [1.29, 1.82) is 0 Å². The first-order valence-corrected chi connectivity index (χ1v) is 9.13. The molecule has 132 valence electrons. The van der Waals surface area contributed by atoms with Crippen molar-refractivity contribution >= 4 is 16.7 Å². The lowest BCUT2D eigenvalue weighted by molar-refractivity contribution is 0.0929. The maximum absolute atomic E-state index is 12.9. The molecule has 3 nitrogen and oxygen atoms in total. The van der Waals surface area contributed by atoms with Gasteiger partial charge in [0.15, 0.2) is 0 Å². The van der Waals surface area contributed by atoms with E-state index in [4.69, 9.17) is 4.74 Å². The minimum atomic E-state index is -0.0222. The Bertz CT molecular complexity index is 929. The van der Waals surface area contributed by atoms with Gasteiger partial charge in [0.2, 0.25) is 0 Å². The molecule has 0 bridgehead atoms. The summed E-state index contributed by atoms with van der Waals surface area (Å²) in [5.74, 6) is 0.767. The molecule has 0 aromatic heterocycles. The van der Waals surface area contributed by atoms with Crippen molar-refractivity contribution < 1.29 is 9.53 Å². The van der Waals surface area contributed by atoms with Crippen LogP contribution in [0.3, 0.4) is 0 Å². The normalized spacial score (nSPS) is 15.3. The molecular formula is C23H23NO2. The topological polar surface area (TPSA) is 38.3 Å². The Morgan fingerprint density at radius 1 is 0.962 bits per heavy atom. The predicted molar refractivity (Wildman–Crippen MR) is 105 cm³/mol. The van der Waals surface area contributed by atoms with E-state index in [0.29, 0.717) is 12.1 Å². The number of fused-ring (bicyclic) bond motifs is 1. The SMILES string of the molecule is COc1ccc(C(=O)NCC2(c3ccccc3)CCC2)c2ccccc12. The van der Waals surface area contributed by atoms with Crippen molar-refractivity contribution in [1.82, 2.24) is 5.32 Å². The summed E-state index contributed by atoms with van der Waals surface area (Å²) >= 11 is 0. The van der Waals surface area contributed by atoms with E-state index in [9.17, 15) is 4.79 Å². The zero-order valence-corrected chi connectivity index (χ0v) is 15.0. The number of benzene rings is 3. The summed E-state index contributed by atoms with van der Waals surface area (Å²) in [6, 6.07) is 22.1. The third kappa shape index (κ3) is 2.84. The van der Waals surface area contributed by atoms with Crippen LogP contribution in [0, 0.1) is 0 Å². The molecule has 1 aliphatic carbocycles. The van der Waals surface area contributed by atoms with Crippen LogP contribution in [-0.2, 0) is 5.41 Å². The first-order valence-electron chi connectivity index (χ1n) is 9.13. The van der Waals surface area contributed by atoms with Crippen molar-refractivity contribution in [3.05, 3.63) is 77.9 Å². The second-order valence-electron chi connectivity index (χ2n) is 7.04. The lowest BCUT2D eigenvalue weighted by Gasteiger charge is -2.42.